The molecule has 69 heavy (non-hydrogen) atoms. The molecular formula is C63H108O6. The molecule has 0 aliphatic heterocycles. The number of carbonyl (C=O) groups is 3. The molecule has 0 fully saturated rings. The van der Waals surface area contributed by atoms with E-state index in [0.29, 0.717) is 19.3 Å². The largest absolute Gasteiger partial charge is 0.462 e. The van der Waals surface area contributed by atoms with Gasteiger partial charge in [0.05, 0.1) is 0 Å². The zero-order valence-corrected chi connectivity index (χ0v) is 45.3. The van der Waals surface area contributed by atoms with E-state index in [1.54, 1.807) is 0 Å². The van der Waals surface area contributed by atoms with Gasteiger partial charge in [-0.2, -0.15) is 0 Å². The minimum atomic E-state index is -0.792. The van der Waals surface area contributed by atoms with Crippen LogP contribution in [-0.2, 0) is 28.6 Å². The van der Waals surface area contributed by atoms with Crippen molar-refractivity contribution in [2.24, 2.45) is 0 Å². The van der Waals surface area contributed by atoms with Gasteiger partial charge in [-0.15, -0.1) is 0 Å². The first-order chi connectivity index (χ1) is 34.0. The van der Waals surface area contributed by atoms with Crippen LogP contribution in [0.5, 0.6) is 0 Å². The van der Waals surface area contributed by atoms with Crippen LogP contribution < -0.4 is 0 Å². The van der Waals surface area contributed by atoms with Crippen LogP contribution in [0, 0.1) is 0 Å². The summed E-state index contributed by atoms with van der Waals surface area (Å²) in [5.74, 6) is -0.911. The molecule has 6 heteroatoms. The summed E-state index contributed by atoms with van der Waals surface area (Å²) in [4.78, 5) is 38.2. The average molecular weight is 962 g/mol. The molecule has 0 amide bonds. The smallest absolute Gasteiger partial charge is 0.306 e. The maximum atomic E-state index is 12.9. The number of unbranched alkanes of at least 4 members (excludes halogenated alkanes) is 27. The number of carbonyl (C=O) groups excluding carboxylic acids is 3. The molecule has 0 aromatic rings. The van der Waals surface area contributed by atoms with Crippen molar-refractivity contribution in [3.63, 3.8) is 0 Å². The highest BCUT2D eigenvalue weighted by atomic mass is 16.6. The van der Waals surface area contributed by atoms with E-state index >= 15 is 0 Å². The van der Waals surface area contributed by atoms with E-state index in [4.69, 9.17) is 14.2 Å². The maximum Gasteiger partial charge on any atom is 0.306 e. The van der Waals surface area contributed by atoms with Gasteiger partial charge in [0.1, 0.15) is 13.2 Å². The Balaban J connectivity index is 4.41. The first kappa shape index (κ1) is 65.6. The molecule has 0 aromatic carbocycles. The van der Waals surface area contributed by atoms with Crippen LogP contribution in [0.4, 0.5) is 0 Å². The van der Waals surface area contributed by atoms with Crippen LogP contribution in [0.2, 0.25) is 0 Å². The molecule has 0 unspecified atom stereocenters. The quantitative estimate of drug-likeness (QED) is 0.0262. The molecule has 0 aliphatic carbocycles. The predicted octanol–water partition coefficient (Wildman–Crippen LogP) is 19.5. The van der Waals surface area contributed by atoms with Crippen LogP contribution in [0.1, 0.15) is 278 Å². The number of hydrogen-bond acceptors (Lipinski definition) is 6. The van der Waals surface area contributed by atoms with Gasteiger partial charge < -0.3 is 14.2 Å². The Morgan fingerprint density at radius 1 is 0.304 bits per heavy atom. The number of allylic oxidation sites excluding steroid dienone is 14. The Kier molecular flexibility index (Phi) is 54.3. The number of esters is 3. The Labute approximate surface area is 426 Å². The fraction of sp³-hybridized carbons (Fsp3) is 0.730. The summed E-state index contributed by atoms with van der Waals surface area (Å²) < 4.78 is 16.9. The summed E-state index contributed by atoms with van der Waals surface area (Å²) in [6.45, 7) is 6.47. The van der Waals surface area contributed by atoms with Crippen LogP contribution in [0.15, 0.2) is 85.1 Å². The molecule has 0 aromatic heterocycles. The van der Waals surface area contributed by atoms with Crippen LogP contribution in [0.25, 0.3) is 0 Å². The third kappa shape index (κ3) is 55.4. The Bertz CT molecular complexity index is 1330. The molecule has 1 atom stereocenters. The van der Waals surface area contributed by atoms with Crippen molar-refractivity contribution < 1.29 is 28.6 Å². The zero-order chi connectivity index (χ0) is 50.0. The number of hydrogen-bond donors (Lipinski definition) is 0. The first-order valence-corrected chi connectivity index (χ1v) is 29.1. The third-order valence-electron chi connectivity index (χ3n) is 12.4. The van der Waals surface area contributed by atoms with Crippen molar-refractivity contribution in [1.29, 1.82) is 0 Å². The third-order valence-corrected chi connectivity index (χ3v) is 12.4. The van der Waals surface area contributed by atoms with Gasteiger partial charge >= 0.3 is 17.9 Å². The summed E-state index contributed by atoms with van der Waals surface area (Å²) in [6.07, 6.45) is 74.2. The van der Waals surface area contributed by atoms with E-state index in [0.717, 1.165) is 116 Å². The molecule has 0 spiro atoms. The minimum absolute atomic E-state index is 0.0883. The lowest BCUT2D eigenvalue weighted by atomic mass is 10.1. The molecule has 0 saturated heterocycles. The molecular weight excluding hydrogens is 853 g/mol. The molecule has 0 bridgehead atoms. The van der Waals surface area contributed by atoms with E-state index < -0.39 is 6.10 Å². The summed E-state index contributed by atoms with van der Waals surface area (Å²) in [5.41, 5.74) is 0. The Morgan fingerprint density at radius 3 is 0.884 bits per heavy atom. The Morgan fingerprint density at radius 2 is 0.565 bits per heavy atom. The number of rotatable bonds is 52. The van der Waals surface area contributed by atoms with Gasteiger partial charge in [0.2, 0.25) is 0 Å². The molecule has 0 rings (SSSR count). The Hall–Kier alpha value is -3.41. The van der Waals surface area contributed by atoms with Crippen molar-refractivity contribution in [3.8, 4) is 0 Å². The second-order valence-corrected chi connectivity index (χ2v) is 19.2. The second-order valence-electron chi connectivity index (χ2n) is 19.2. The summed E-state index contributed by atoms with van der Waals surface area (Å²) in [5, 5.41) is 0. The van der Waals surface area contributed by atoms with Crippen molar-refractivity contribution in [2.45, 2.75) is 284 Å². The summed E-state index contributed by atoms with van der Waals surface area (Å²) >= 11 is 0. The van der Waals surface area contributed by atoms with E-state index in [1.807, 2.05) is 0 Å². The molecule has 0 N–H and O–H groups in total. The standard InChI is InChI=1S/C63H108O6/c1-4-7-10-13-16-19-22-25-28-30-31-33-36-38-41-44-47-50-53-56-62(65)68-59-60(69-63(66)57-54-51-48-45-42-39-34-27-24-21-18-15-12-9-6-3)58-67-61(64)55-52-49-46-43-40-37-35-32-29-26-23-20-17-14-11-8-5-2/h9,12,16-21,25-29,34,60H,4-8,10-11,13-15,22-24,30-33,35-59H2,1-3H3/b12-9-,19-16-,20-17-,21-18-,28-25-,29-26-,34-27-/t60-/m0/s1. The molecule has 396 valence electrons. The monoisotopic (exact) mass is 961 g/mol. The van der Waals surface area contributed by atoms with Gasteiger partial charge in [-0.25, -0.2) is 0 Å². The first-order valence-electron chi connectivity index (χ1n) is 29.1. The molecule has 0 aliphatic rings. The van der Waals surface area contributed by atoms with Crippen LogP contribution in [0.3, 0.4) is 0 Å². The highest BCUT2D eigenvalue weighted by Crippen LogP contribution is 2.15. The predicted molar refractivity (Wildman–Crippen MR) is 297 cm³/mol. The molecule has 0 heterocycles. The summed E-state index contributed by atoms with van der Waals surface area (Å²) in [6, 6.07) is 0. The average Bonchev–Trinajstić information content (AvgIpc) is 3.35. The lowest BCUT2D eigenvalue weighted by Gasteiger charge is -2.18. The van der Waals surface area contributed by atoms with E-state index in [-0.39, 0.29) is 31.1 Å². The maximum absolute atomic E-state index is 12.9. The van der Waals surface area contributed by atoms with Crippen molar-refractivity contribution >= 4 is 17.9 Å². The molecule has 6 nitrogen and oxygen atoms in total. The van der Waals surface area contributed by atoms with Crippen LogP contribution >= 0.6 is 0 Å². The van der Waals surface area contributed by atoms with Crippen molar-refractivity contribution in [1.82, 2.24) is 0 Å². The normalized spacial score (nSPS) is 12.7. The second kappa shape index (κ2) is 57.2. The fourth-order valence-electron chi connectivity index (χ4n) is 7.99. The van der Waals surface area contributed by atoms with E-state index in [2.05, 4.69) is 106 Å². The van der Waals surface area contributed by atoms with E-state index in [1.165, 1.54) is 122 Å². The van der Waals surface area contributed by atoms with Gasteiger partial charge in [-0.1, -0.05) is 228 Å². The molecule has 0 saturated carbocycles. The highest BCUT2D eigenvalue weighted by molar-refractivity contribution is 5.71. The highest BCUT2D eigenvalue weighted by Gasteiger charge is 2.19. The lowest BCUT2D eigenvalue weighted by molar-refractivity contribution is -0.167. The number of ether oxygens (including phenoxy) is 3. The van der Waals surface area contributed by atoms with E-state index in [9.17, 15) is 14.4 Å². The zero-order valence-electron chi connectivity index (χ0n) is 45.3. The fourth-order valence-corrected chi connectivity index (χ4v) is 7.99. The van der Waals surface area contributed by atoms with Crippen LogP contribution in [-0.4, -0.2) is 37.2 Å². The van der Waals surface area contributed by atoms with Gasteiger partial charge in [-0.3, -0.25) is 14.4 Å². The minimum Gasteiger partial charge on any atom is -0.462 e. The molecule has 0 radical (unpaired) electrons. The van der Waals surface area contributed by atoms with Gasteiger partial charge in [0.15, 0.2) is 6.10 Å². The van der Waals surface area contributed by atoms with Gasteiger partial charge in [-0.05, 0) is 116 Å². The van der Waals surface area contributed by atoms with Crippen molar-refractivity contribution in [3.05, 3.63) is 85.1 Å². The lowest BCUT2D eigenvalue weighted by Crippen LogP contribution is -2.30. The SMILES string of the molecule is CC/C=C\C/C=C\C/C=C\CCCCCCCC(=O)O[C@@H](COC(=O)CCCCCCCCC/C=C\C/C=C\CCCCC)COC(=O)CCCCCCCCCCC/C=C\C/C=C\CCCCC. The topological polar surface area (TPSA) is 78.9 Å². The van der Waals surface area contributed by atoms with Gasteiger partial charge in [0.25, 0.3) is 0 Å². The summed E-state index contributed by atoms with van der Waals surface area (Å²) in [7, 11) is 0. The van der Waals surface area contributed by atoms with Crippen molar-refractivity contribution in [2.75, 3.05) is 13.2 Å². The van der Waals surface area contributed by atoms with Gasteiger partial charge in [0, 0.05) is 19.3 Å².